The second kappa shape index (κ2) is 6.11. The topological polar surface area (TPSA) is 61.4 Å². The molecule has 0 bridgehead atoms. The number of pyridine rings is 1. The van der Waals surface area contributed by atoms with Gasteiger partial charge in [0.1, 0.15) is 11.3 Å². The van der Waals surface area contributed by atoms with E-state index in [2.05, 4.69) is 40.8 Å². The highest BCUT2D eigenvalue weighted by molar-refractivity contribution is 9.10. The Hall–Kier alpha value is -1.47. The lowest BCUT2D eigenvalue weighted by molar-refractivity contribution is 0.510. The molecule has 3 rings (SSSR count). The first-order chi connectivity index (χ1) is 10.1. The second-order valence-electron chi connectivity index (χ2n) is 4.75. The third kappa shape index (κ3) is 3.08. The van der Waals surface area contributed by atoms with Crippen molar-refractivity contribution in [1.82, 2.24) is 29.5 Å². The molecule has 0 aliphatic heterocycles. The lowest BCUT2D eigenvalue weighted by Crippen LogP contribution is -2.08. The van der Waals surface area contributed by atoms with Crippen molar-refractivity contribution >= 4 is 38.7 Å². The van der Waals surface area contributed by atoms with Crippen LogP contribution >= 0.6 is 27.5 Å². The van der Waals surface area contributed by atoms with Gasteiger partial charge in [0.15, 0.2) is 5.65 Å². The van der Waals surface area contributed by atoms with E-state index in [0.29, 0.717) is 0 Å². The molecule has 8 heteroatoms. The lowest BCUT2D eigenvalue weighted by Gasteiger charge is -2.09. The van der Waals surface area contributed by atoms with Crippen LogP contribution in [0.15, 0.2) is 29.1 Å². The second-order valence-corrected chi connectivity index (χ2v) is 6.32. The third-order valence-electron chi connectivity index (χ3n) is 3.18. The van der Waals surface area contributed by atoms with Crippen LogP contribution < -0.4 is 0 Å². The van der Waals surface area contributed by atoms with Gasteiger partial charge in [0.05, 0.1) is 11.6 Å². The van der Waals surface area contributed by atoms with Gasteiger partial charge in [0.25, 0.3) is 0 Å². The highest BCUT2D eigenvalue weighted by atomic mass is 79.9. The normalized spacial score (nSPS) is 12.9. The molecule has 0 fully saturated rings. The van der Waals surface area contributed by atoms with E-state index in [9.17, 15) is 0 Å². The molecule has 0 spiro atoms. The van der Waals surface area contributed by atoms with E-state index >= 15 is 0 Å². The summed E-state index contributed by atoms with van der Waals surface area (Å²) >= 11 is 9.67. The number of nitrogens with zero attached hydrogens (tertiary/aromatic N) is 6. The summed E-state index contributed by atoms with van der Waals surface area (Å²) in [6.07, 6.45) is 6.22. The molecule has 21 heavy (non-hydrogen) atoms. The van der Waals surface area contributed by atoms with Crippen LogP contribution in [0.3, 0.4) is 0 Å². The summed E-state index contributed by atoms with van der Waals surface area (Å²) in [4.78, 5) is 9.05. The van der Waals surface area contributed by atoms with Gasteiger partial charge in [-0.3, -0.25) is 4.68 Å². The number of alkyl halides is 1. The smallest absolute Gasteiger partial charge is 0.160 e. The van der Waals surface area contributed by atoms with E-state index in [0.717, 1.165) is 41.0 Å². The van der Waals surface area contributed by atoms with E-state index in [1.165, 1.54) is 0 Å². The number of rotatable bonds is 5. The Bertz CT molecular complexity index is 737. The fourth-order valence-corrected chi connectivity index (χ4v) is 2.76. The average molecular weight is 370 g/mol. The molecule has 0 saturated carbocycles. The number of imidazole rings is 1. The first-order valence-corrected chi connectivity index (χ1v) is 7.88. The van der Waals surface area contributed by atoms with Crippen molar-refractivity contribution in [1.29, 1.82) is 0 Å². The molecule has 0 radical (unpaired) electrons. The summed E-state index contributed by atoms with van der Waals surface area (Å²) in [5, 5.41) is 7.60. The van der Waals surface area contributed by atoms with Crippen LogP contribution in [-0.2, 0) is 13.1 Å². The molecule has 3 heterocycles. The van der Waals surface area contributed by atoms with Crippen molar-refractivity contribution in [2.75, 3.05) is 0 Å². The summed E-state index contributed by atoms with van der Waals surface area (Å²) in [6, 6.07) is 1.96. The zero-order valence-corrected chi connectivity index (χ0v) is 13.8. The number of fused-ring (bicyclic) bond motifs is 1. The Labute approximate surface area is 135 Å². The van der Waals surface area contributed by atoms with Gasteiger partial charge in [0, 0.05) is 30.0 Å². The van der Waals surface area contributed by atoms with Gasteiger partial charge in [-0.05, 0) is 35.3 Å². The minimum atomic E-state index is -0.163. The first-order valence-electron chi connectivity index (χ1n) is 6.65. The van der Waals surface area contributed by atoms with Crippen LogP contribution in [0.5, 0.6) is 0 Å². The van der Waals surface area contributed by atoms with E-state index < -0.39 is 0 Å². The van der Waals surface area contributed by atoms with Crippen molar-refractivity contribution < 1.29 is 0 Å². The van der Waals surface area contributed by atoms with E-state index in [1.54, 1.807) is 12.4 Å². The fourth-order valence-electron chi connectivity index (χ4n) is 2.27. The van der Waals surface area contributed by atoms with Crippen LogP contribution in [0.2, 0.25) is 0 Å². The molecule has 3 aromatic heterocycles. The highest BCUT2D eigenvalue weighted by Gasteiger charge is 2.15. The Balaban J connectivity index is 1.86. The third-order valence-corrected chi connectivity index (χ3v) is 3.81. The van der Waals surface area contributed by atoms with Gasteiger partial charge in [0.2, 0.25) is 0 Å². The number of halogens is 2. The monoisotopic (exact) mass is 368 g/mol. The van der Waals surface area contributed by atoms with Gasteiger partial charge < -0.3 is 4.57 Å². The molecule has 0 saturated heterocycles. The summed E-state index contributed by atoms with van der Waals surface area (Å²) in [7, 11) is 0. The van der Waals surface area contributed by atoms with E-state index in [4.69, 9.17) is 11.6 Å². The Kier molecular flexibility index (Phi) is 4.21. The molecule has 3 aromatic rings. The van der Waals surface area contributed by atoms with Gasteiger partial charge in [-0.25, -0.2) is 9.97 Å². The summed E-state index contributed by atoms with van der Waals surface area (Å²) in [5.41, 5.74) is 1.71. The van der Waals surface area contributed by atoms with Gasteiger partial charge in [-0.2, -0.15) is 0 Å². The minimum absolute atomic E-state index is 0.163. The Morgan fingerprint density at radius 1 is 1.38 bits per heavy atom. The standard InChI is InChI=1S/C13H14BrClN6/c1-9(15)12-18-11-7-10(14)8-16-13(11)21(12)5-2-4-20-6-3-17-19-20/h3,6-9H,2,4-5H2,1H3. The maximum Gasteiger partial charge on any atom is 0.160 e. The highest BCUT2D eigenvalue weighted by Crippen LogP contribution is 2.25. The predicted octanol–water partition coefficient (Wildman–Crippen LogP) is 3.18. The van der Waals surface area contributed by atoms with Crippen molar-refractivity contribution in [2.24, 2.45) is 0 Å². The number of aromatic nitrogens is 6. The summed E-state index contributed by atoms with van der Waals surface area (Å²) < 4.78 is 4.81. The average Bonchev–Trinajstić information content (AvgIpc) is 3.06. The number of hydrogen-bond donors (Lipinski definition) is 0. The number of hydrogen-bond acceptors (Lipinski definition) is 4. The maximum atomic E-state index is 6.25. The lowest BCUT2D eigenvalue weighted by atomic mass is 10.3. The van der Waals surface area contributed by atoms with Crippen molar-refractivity contribution in [3.05, 3.63) is 35.0 Å². The van der Waals surface area contributed by atoms with Crippen LogP contribution in [0, 0.1) is 0 Å². The van der Waals surface area contributed by atoms with E-state index in [-0.39, 0.29) is 5.38 Å². The maximum absolute atomic E-state index is 6.25. The molecule has 0 N–H and O–H groups in total. The largest absolute Gasteiger partial charge is 0.311 e. The molecular formula is C13H14BrClN6. The zero-order chi connectivity index (χ0) is 14.8. The van der Waals surface area contributed by atoms with Gasteiger partial charge in [-0.15, -0.1) is 16.7 Å². The Morgan fingerprint density at radius 3 is 2.95 bits per heavy atom. The van der Waals surface area contributed by atoms with Crippen molar-refractivity contribution in [3.8, 4) is 0 Å². The molecule has 0 aliphatic rings. The molecule has 1 atom stereocenters. The van der Waals surface area contributed by atoms with Crippen LogP contribution in [0.4, 0.5) is 0 Å². The quantitative estimate of drug-likeness (QED) is 0.648. The van der Waals surface area contributed by atoms with Crippen LogP contribution in [-0.4, -0.2) is 29.5 Å². The molecule has 0 aromatic carbocycles. The summed E-state index contributed by atoms with van der Waals surface area (Å²) in [6.45, 7) is 3.51. The van der Waals surface area contributed by atoms with Crippen LogP contribution in [0.1, 0.15) is 24.5 Å². The SMILES string of the molecule is CC(Cl)c1nc2cc(Br)cnc2n1CCCn1ccnn1. The first kappa shape index (κ1) is 14.5. The van der Waals surface area contributed by atoms with E-state index in [1.807, 2.05) is 23.9 Å². The predicted molar refractivity (Wildman–Crippen MR) is 84.1 cm³/mol. The van der Waals surface area contributed by atoms with Crippen molar-refractivity contribution in [3.63, 3.8) is 0 Å². The molecule has 110 valence electrons. The van der Waals surface area contributed by atoms with Crippen LogP contribution in [0.25, 0.3) is 11.2 Å². The molecule has 1 unspecified atom stereocenters. The molecule has 6 nitrogen and oxygen atoms in total. The molecule has 0 aliphatic carbocycles. The van der Waals surface area contributed by atoms with Gasteiger partial charge >= 0.3 is 0 Å². The zero-order valence-electron chi connectivity index (χ0n) is 11.4. The minimum Gasteiger partial charge on any atom is -0.311 e. The molecular weight excluding hydrogens is 356 g/mol. The Morgan fingerprint density at radius 2 is 2.24 bits per heavy atom. The molecule has 0 amide bonds. The summed E-state index contributed by atoms with van der Waals surface area (Å²) in [5.74, 6) is 0.843. The van der Waals surface area contributed by atoms with Gasteiger partial charge in [-0.1, -0.05) is 5.21 Å². The fraction of sp³-hybridized carbons (Fsp3) is 0.385. The van der Waals surface area contributed by atoms with Crippen molar-refractivity contribution in [2.45, 2.75) is 31.8 Å². The number of aryl methyl sites for hydroxylation is 2.